The van der Waals surface area contributed by atoms with Crippen LogP contribution in [-0.2, 0) is 13.1 Å². The summed E-state index contributed by atoms with van der Waals surface area (Å²) in [5, 5.41) is 0. The van der Waals surface area contributed by atoms with Gasteiger partial charge in [-0.25, -0.2) is 4.98 Å². The zero-order valence-corrected chi connectivity index (χ0v) is 12.4. The third kappa shape index (κ3) is 3.80. The summed E-state index contributed by atoms with van der Waals surface area (Å²) in [4.78, 5) is 6.89. The summed E-state index contributed by atoms with van der Waals surface area (Å²) in [6, 6.07) is 1.13. The lowest BCUT2D eigenvalue weighted by Gasteiger charge is -2.35. The summed E-state index contributed by atoms with van der Waals surface area (Å²) >= 11 is 0. The number of aromatic nitrogens is 2. The second kappa shape index (κ2) is 7.06. The Labute approximate surface area is 117 Å². The summed E-state index contributed by atoms with van der Waals surface area (Å²) in [5.41, 5.74) is 7.35. The van der Waals surface area contributed by atoms with Gasteiger partial charge in [-0.2, -0.15) is 0 Å². The molecule has 0 radical (unpaired) electrons. The number of aryl methyl sites for hydroxylation is 1. The van der Waals surface area contributed by atoms with Gasteiger partial charge in [-0.15, -0.1) is 0 Å². The van der Waals surface area contributed by atoms with E-state index in [1.165, 1.54) is 31.4 Å². The molecule has 1 aromatic rings. The normalized spacial score (nSPS) is 24.0. The maximum absolute atomic E-state index is 6.01. The first-order chi connectivity index (χ1) is 9.24. The van der Waals surface area contributed by atoms with Crippen LogP contribution in [0.4, 0.5) is 0 Å². The first kappa shape index (κ1) is 14.5. The first-order valence-electron chi connectivity index (χ1n) is 7.73. The fraction of sp³-hybridized carbons (Fsp3) is 0.800. The van der Waals surface area contributed by atoms with Crippen LogP contribution in [0.15, 0.2) is 12.5 Å². The van der Waals surface area contributed by atoms with Gasteiger partial charge < -0.3 is 10.3 Å². The number of hydrogen-bond acceptors (Lipinski definition) is 3. The fourth-order valence-corrected chi connectivity index (χ4v) is 3.10. The predicted molar refractivity (Wildman–Crippen MR) is 78.8 cm³/mol. The Hall–Kier alpha value is -0.870. The molecule has 4 heteroatoms. The van der Waals surface area contributed by atoms with Crippen LogP contribution < -0.4 is 5.73 Å². The molecule has 1 aliphatic rings. The molecule has 0 unspecified atom stereocenters. The minimum absolute atomic E-state index is 0.431. The first-order valence-corrected chi connectivity index (χ1v) is 7.73. The van der Waals surface area contributed by atoms with E-state index in [9.17, 15) is 0 Å². The third-order valence-electron chi connectivity index (χ3n) is 4.29. The minimum atomic E-state index is 0.431. The number of nitrogens with two attached hydrogens (primary N) is 1. The van der Waals surface area contributed by atoms with E-state index in [0.717, 1.165) is 26.1 Å². The highest BCUT2D eigenvalue weighted by molar-refractivity contribution is 4.99. The van der Waals surface area contributed by atoms with Gasteiger partial charge in [0, 0.05) is 31.4 Å². The third-order valence-corrected chi connectivity index (χ3v) is 4.29. The largest absolute Gasteiger partial charge is 0.333 e. The molecule has 0 bridgehead atoms. The number of imidazole rings is 1. The molecule has 108 valence electrons. The molecule has 1 fully saturated rings. The molecule has 1 aliphatic carbocycles. The van der Waals surface area contributed by atoms with E-state index >= 15 is 0 Å². The van der Waals surface area contributed by atoms with Crippen LogP contribution in [0.25, 0.3) is 0 Å². The van der Waals surface area contributed by atoms with Crippen LogP contribution >= 0.6 is 0 Å². The molecule has 1 heterocycles. The van der Waals surface area contributed by atoms with E-state index in [1.807, 2.05) is 12.5 Å². The number of nitrogens with zero attached hydrogens (tertiary/aromatic N) is 3. The van der Waals surface area contributed by atoms with Crippen molar-refractivity contribution in [2.75, 3.05) is 6.54 Å². The predicted octanol–water partition coefficient (Wildman–Crippen LogP) is 2.38. The topological polar surface area (TPSA) is 47.1 Å². The van der Waals surface area contributed by atoms with Gasteiger partial charge in [0.1, 0.15) is 0 Å². The van der Waals surface area contributed by atoms with Crippen molar-refractivity contribution in [2.45, 2.75) is 71.1 Å². The molecule has 4 nitrogen and oxygen atoms in total. The Morgan fingerprint density at radius 1 is 1.32 bits per heavy atom. The van der Waals surface area contributed by atoms with E-state index in [4.69, 9.17) is 5.73 Å². The standard InChI is InChI=1S/C15H28N4/c1-3-9-19-12-17-10-15(19)11-18(4-2)14-7-5-13(16)6-8-14/h10,12-14H,3-9,11,16H2,1-2H3. The average molecular weight is 264 g/mol. The quantitative estimate of drug-likeness (QED) is 0.858. The molecular weight excluding hydrogens is 236 g/mol. The monoisotopic (exact) mass is 264 g/mol. The Morgan fingerprint density at radius 3 is 2.68 bits per heavy atom. The van der Waals surface area contributed by atoms with E-state index < -0.39 is 0 Å². The smallest absolute Gasteiger partial charge is 0.0948 e. The second-order valence-electron chi connectivity index (χ2n) is 5.71. The van der Waals surface area contributed by atoms with Crippen LogP contribution in [0.1, 0.15) is 51.6 Å². The van der Waals surface area contributed by atoms with Gasteiger partial charge in [0.25, 0.3) is 0 Å². The van der Waals surface area contributed by atoms with Crippen molar-refractivity contribution >= 4 is 0 Å². The maximum atomic E-state index is 6.01. The molecule has 0 amide bonds. The Kier molecular flexibility index (Phi) is 5.40. The molecule has 0 spiro atoms. The Bertz CT molecular complexity index is 366. The van der Waals surface area contributed by atoms with Crippen molar-refractivity contribution < 1.29 is 0 Å². The van der Waals surface area contributed by atoms with Crippen molar-refractivity contribution in [1.29, 1.82) is 0 Å². The van der Waals surface area contributed by atoms with Crippen LogP contribution in [0.3, 0.4) is 0 Å². The minimum Gasteiger partial charge on any atom is -0.333 e. The molecule has 2 N–H and O–H groups in total. The average Bonchev–Trinajstić information content (AvgIpc) is 2.85. The zero-order valence-electron chi connectivity index (χ0n) is 12.4. The molecule has 0 saturated heterocycles. The molecule has 0 aromatic carbocycles. The number of rotatable bonds is 6. The van der Waals surface area contributed by atoms with E-state index in [-0.39, 0.29) is 0 Å². The van der Waals surface area contributed by atoms with Crippen molar-refractivity contribution in [3.8, 4) is 0 Å². The van der Waals surface area contributed by atoms with Gasteiger partial charge >= 0.3 is 0 Å². The highest BCUT2D eigenvalue weighted by Crippen LogP contribution is 2.23. The number of hydrogen-bond donors (Lipinski definition) is 1. The van der Waals surface area contributed by atoms with Crippen molar-refractivity contribution in [2.24, 2.45) is 5.73 Å². The van der Waals surface area contributed by atoms with Gasteiger partial charge in [0.05, 0.1) is 12.0 Å². The van der Waals surface area contributed by atoms with Crippen molar-refractivity contribution in [3.05, 3.63) is 18.2 Å². The molecule has 19 heavy (non-hydrogen) atoms. The molecule has 2 rings (SSSR count). The fourth-order valence-electron chi connectivity index (χ4n) is 3.10. The van der Waals surface area contributed by atoms with Crippen LogP contribution in [0, 0.1) is 0 Å². The summed E-state index contributed by atoms with van der Waals surface area (Å²) in [5.74, 6) is 0. The summed E-state index contributed by atoms with van der Waals surface area (Å²) in [6.45, 7) is 7.68. The molecular formula is C15H28N4. The van der Waals surface area contributed by atoms with Gasteiger partial charge in [-0.05, 0) is 38.6 Å². The zero-order chi connectivity index (χ0) is 13.7. The van der Waals surface area contributed by atoms with Gasteiger partial charge in [-0.3, -0.25) is 4.90 Å². The van der Waals surface area contributed by atoms with Gasteiger partial charge in [0.15, 0.2) is 0 Å². The van der Waals surface area contributed by atoms with Gasteiger partial charge in [0.2, 0.25) is 0 Å². The summed E-state index contributed by atoms with van der Waals surface area (Å²) in [7, 11) is 0. The van der Waals surface area contributed by atoms with E-state index in [1.54, 1.807) is 0 Å². The Morgan fingerprint density at radius 2 is 2.05 bits per heavy atom. The summed E-state index contributed by atoms with van der Waals surface area (Å²) < 4.78 is 2.29. The lowest BCUT2D eigenvalue weighted by Crippen LogP contribution is -2.40. The molecule has 1 saturated carbocycles. The van der Waals surface area contributed by atoms with Crippen LogP contribution in [-0.4, -0.2) is 33.1 Å². The van der Waals surface area contributed by atoms with E-state index in [2.05, 4.69) is 28.3 Å². The van der Waals surface area contributed by atoms with Crippen LogP contribution in [0.2, 0.25) is 0 Å². The SMILES string of the molecule is CCCn1cncc1CN(CC)C1CCC(N)CC1. The second-order valence-corrected chi connectivity index (χ2v) is 5.71. The van der Waals surface area contributed by atoms with Crippen molar-refractivity contribution in [1.82, 2.24) is 14.5 Å². The lowest BCUT2D eigenvalue weighted by atomic mass is 9.90. The van der Waals surface area contributed by atoms with Gasteiger partial charge in [-0.1, -0.05) is 13.8 Å². The van der Waals surface area contributed by atoms with Crippen molar-refractivity contribution in [3.63, 3.8) is 0 Å². The maximum Gasteiger partial charge on any atom is 0.0948 e. The van der Waals surface area contributed by atoms with E-state index in [0.29, 0.717) is 12.1 Å². The molecule has 0 aliphatic heterocycles. The van der Waals surface area contributed by atoms with Crippen LogP contribution in [0.5, 0.6) is 0 Å². The highest BCUT2D eigenvalue weighted by atomic mass is 15.2. The Balaban J connectivity index is 1.96. The lowest BCUT2D eigenvalue weighted by molar-refractivity contribution is 0.146. The molecule has 0 atom stereocenters. The molecule has 1 aromatic heterocycles. The summed E-state index contributed by atoms with van der Waals surface area (Å²) in [6.07, 6.45) is 9.99. The highest BCUT2D eigenvalue weighted by Gasteiger charge is 2.23.